The number of carbonyl (C=O) groups excluding carboxylic acids is 1. The van der Waals surface area contributed by atoms with Crippen LogP contribution in [-0.4, -0.2) is 52.0 Å². The van der Waals surface area contributed by atoms with Gasteiger partial charge in [-0.25, -0.2) is 4.79 Å². The van der Waals surface area contributed by atoms with Crippen LogP contribution in [0.1, 0.15) is 51.4 Å². The lowest BCUT2D eigenvalue weighted by Crippen LogP contribution is -2.37. The van der Waals surface area contributed by atoms with E-state index in [4.69, 9.17) is 5.11 Å². The molecule has 1 atom stereocenters. The van der Waals surface area contributed by atoms with Gasteiger partial charge in [-0.3, -0.25) is 9.69 Å². The summed E-state index contributed by atoms with van der Waals surface area (Å²) < 4.78 is 0. The molecule has 3 rings (SSSR count). The Morgan fingerprint density at radius 3 is 2.57 bits per heavy atom. The number of carbonyl (C=O) groups is 2. The first-order chi connectivity index (χ1) is 9.97. The maximum atomic E-state index is 12.4. The Morgan fingerprint density at radius 2 is 2.00 bits per heavy atom. The molecule has 6 heteroatoms. The van der Waals surface area contributed by atoms with Crippen LogP contribution < -0.4 is 5.32 Å². The molecule has 6 nitrogen and oxygen atoms in total. The fraction of sp³-hybridized carbons (Fsp3) is 0.600. The van der Waals surface area contributed by atoms with Gasteiger partial charge in [0.25, 0.3) is 5.91 Å². The highest BCUT2D eigenvalue weighted by Crippen LogP contribution is 2.30. The van der Waals surface area contributed by atoms with Crippen LogP contribution in [0.15, 0.2) is 0 Å². The highest BCUT2D eigenvalue weighted by molar-refractivity contribution is 6.00. The van der Waals surface area contributed by atoms with E-state index >= 15 is 0 Å². The minimum Gasteiger partial charge on any atom is -0.477 e. The number of amides is 1. The maximum absolute atomic E-state index is 12.4. The van der Waals surface area contributed by atoms with Crippen molar-refractivity contribution in [1.29, 1.82) is 0 Å². The van der Waals surface area contributed by atoms with Crippen molar-refractivity contribution in [3.8, 4) is 0 Å². The molecule has 2 fully saturated rings. The van der Waals surface area contributed by atoms with Crippen molar-refractivity contribution >= 4 is 11.9 Å². The van der Waals surface area contributed by atoms with Crippen molar-refractivity contribution in [3.05, 3.63) is 22.5 Å². The van der Waals surface area contributed by atoms with Gasteiger partial charge in [0, 0.05) is 30.9 Å². The lowest BCUT2D eigenvalue weighted by molar-refractivity contribution is 0.0690. The molecule has 21 heavy (non-hydrogen) atoms. The number of hydrogen-bond acceptors (Lipinski definition) is 3. The number of aromatic amines is 1. The standard InChI is InChI=1S/C15H21N3O3/c1-8-12(9(2)16-13(8)15(20)21)14(19)17-10-5-6-18(7-10)11-3-4-11/h10-11,16H,3-7H2,1-2H3,(H,17,19)(H,20,21). The molecule has 1 aliphatic heterocycles. The van der Waals surface area contributed by atoms with Gasteiger partial charge in [0.1, 0.15) is 5.69 Å². The number of carboxylic acids is 1. The summed E-state index contributed by atoms with van der Waals surface area (Å²) in [5, 5.41) is 12.2. The zero-order valence-corrected chi connectivity index (χ0v) is 12.4. The third-order valence-corrected chi connectivity index (χ3v) is 4.50. The van der Waals surface area contributed by atoms with Crippen LogP contribution in [0.4, 0.5) is 0 Å². The van der Waals surface area contributed by atoms with Gasteiger partial charge in [-0.15, -0.1) is 0 Å². The van der Waals surface area contributed by atoms with Crippen LogP contribution in [0, 0.1) is 13.8 Å². The summed E-state index contributed by atoms with van der Waals surface area (Å²) >= 11 is 0. The smallest absolute Gasteiger partial charge is 0.352 e. The lowest BCUT2D eigenvalue weighted by atomic mass is 10.1. The van der Waals surface area contributed by atoms with E-state index in [1.807, 2.05) is 0 Å². The molecule has 1 amide bonds. The van der Waals surface area contributed by atoms with E-state index in [-0.39, 0.29) is 17.6 Å². The third kappa shape index (κ3) is 2.68. The van der Waals surface area contributed by atoms with Crippen LogP contribution >= 0.6 is 0 Å². The number of hydrogen-bond donors (Lipinski definition) is 3. The molecule has 114 valence electrons. The second kappa shape index (κ2) is 5.18. The number of H-pyrrole nitrogens is 1. The van der Waals surface area contributed by atoms with E-state index in [1.54, 1.807) is 13.8 Å². The second-order valence-corrected chi connectivity index (χ2v) is 6.12. The highest BCUT2D eigenvalue weighted by atomic mass is 16.4. The van der Waals surface area contributed by atoms with Crippen molar-refractivity contribution in [3.63, 3.8) is 0 Å². The number of nitrogens with one attached hydrogen (secondary N) is 2. The first-order valence-corrected chi connectivity index (χ1v) is 7.44. The SMILES string of the molecule is Cc1[nH]c(C(=O)O)c(C)c1C(=O)NC1CCN(C2CC2)C1. The van der Waals surface area contributed by atoms with Crippen LogP contribution in [0.25, 0.3) is 0 Å². The minimum atomic E-state index is -1.03. The van der Waals surface area contributed by atoms with Crippen molar-refractivity contribution < 1.29 is 14.7 Å². The number of rotatable bonds is 4. The van der Waals surface area contributed by atoms with E-state index in [1.165, 1.54) is 12.8 Å². The molecule has 1 aromatic rings. The zero-order valence-electron chi connectivity index (χ0n) is 12.4. The topological polar surface area (TPSA) is 85.4 Å². The van der Waals surface area contributed by atoms with Gasteiger partial charge in [-0.2, -0.15) is 0 Å². The van der Waals surface area contributed by atoms with Crippen molar-refractivity contribution in [2.24, 2.45) is 0 Å². The zero-order chi connectivity index (χ0) is 15.1. The molecule has 0 aromatic carbocycles. The maximum Gasteiger partial charge on any atom is 0.352 e. The fourth-order valence-corrected chi connectivity index (χ4v) is 3.24. The van der Waals surface area contributed by atoms with Crippen molar-refractivity contribution in [2.75, 3.05) is 13.1 Å². The second-order valence-electron chi connectivity index (χ2n) is 6.12. The molecule has 0 spiro atoms. The fourth-order valence-electron chi connectivity index (χ4n) is 3.24. The summed E-state index contributed by atoms with van der Waals surface area (Å²) in [6.07, 6.45) is 3.52. The highest BCUT2D eigenvalue weighted by Gasteiger charge is 2.35. The van der Waals surface area contributed by atoms with Gasteiger partial charge in [0.2, 0.25) is 0 Å². The normalized spacial score (nSPS) is 22.5. The van der Waals surface area contributed by atoms with Crippen LogP contribution in [-0.2, 0) is 0 Å². The van der Waals surface area contributed by atoms with Gasteiger partial charge in [0.15, 0.2) is 0 Å². The predicted octanol–water partition coefficient (Wildman–Crippen LogP) is 1.30. The summed E-state index contributed by atoms with van der Waals surface area (Å²) in [4.78, 5) is 28.8. The molecule has 1 saturated carbocycles. The van der Waals surface area contributed by atoms with E-state index < -0.39 is 5.97 Å². The number of aromatic nitrogens is 1. The van der Waals surface area contributed by atoms with E-state index in [2.05, 4.69) is 15.2 Å². The van der Waals surface area contributed by atoms with Gasteiger partial charge >= 0.3 is 5.97 Å². The molecule has 1 aliphatic carbocycles. The monoisotopic (exact) mass is 291 g/mol. The van der Waals surface area contributed by atoms with Gasteiger partial charge in [-0.05, 0) is 38.7 Å². The van der Waals surface area contributed by atoms with Gasteiger partial charge in [0.05, 0.1) is 5.56 Å². The average Bonchev–Trinajstić information content (AvgIpc) is 3.08. The summed E-state index contributed by atoms with van der Waals surface area (Å²) in [5.74, 6) is -1.20. The summed E-state index contributed by atoms with van der Waals surface area (Å²) in [5.41, 5.74) is 1.69. The Kier molecular flexibility index (Phi) is 3.49. The quantitative estimate of drug-likeness (QED) is 0.780. The molecule has 2 heterocycles. The first-order valence-electron chi connectivity index (χ1n) is 7.44. The molecule has 0 bridgehead atoms. The Balaban J connectivity index is 1.69. The molecule has 1 unspecified atom stereocenters. The molecular weight excluding hydrogens is 270 g/mol. The number of likely N-dealkylation sites (tertiary alicyclic amines) is 1. The van der Waals surface area contributed by atoms with Crippen LogP contribution in [0.2, 0.25) is 0 Å². The Morgan fingerprint density at radius 1 is 1.29 bits per heavy atom. The van der Waals surface area contributed by atoms with E-state index in [9.17, 15) is 9.59 Å². The molecule has 3 N–H and O–H groups in total. The van der Waals surface area contributed by atoms with Gasteiger partial charge < -0.3 is 15.4 Å². The Bertz CT molecular complexity index is 589. The predicted molar refractivity (Wildman–Crippen MR) is 77.7 cm³/mol. The number of nitrogens with zero attached hydrogens (tertiary/aromatic N) is 1. The summed E-state index contributed by atoms with van der Waals surface area (Å²) in [7, 11) is 0. The molecule has 1 saturated heterocycles. The molecular formula is C15H21N3O3. The number of carboxylic acid groups (broad SMARTS) is 1. The van der Waals surface area contributed by atoms with Gasteiger partial charge in [-0.1, -0.05) is 0 Å². The number of aromatic carboxylic acids is 1. The Labute approximate surface area is 123 Å². The average molecular weight is 291 g/mol. The van der Waals surface area contributed by atoms with Crippen molar-refractivity contribution in [2.45, 2.75) is 45.2 Å². The van der Waals surface area contributed by atoms with Crippen molar-refractivity contribution in [1.82, 2.24) is 15.2 Å². The molecule has 0 radical (unpaired) electrons. The van der Waals surface area contributed by atoms with Crippen LogP contribution in [0.3, 0.4) is 0 Å². The minimum absolute atomic E-state index is 0.101. The molecule has 2 aliphatic rings. The largest absolute Gasteiger partial charge is 0.477 e. The van der Waals surface area contributed by atoms with E-state index in [0.29, 0.717) is 16.8 Å². The third-order valence-electron chi connectivity index (χ3n) is 4.50. The lowest BCUT2D eigenvalue weighted by Gasteiger charge is -2.16. The summed E-state index contributed by atoms with van der Waals surface area (Å²) in [6, 6.07) is 0.890. The number of aryl methyl sites for hydroxylation is 1. The summed E-state index contributed by atoms with van der Waals surface area (Å²) in [6.45, 7) is 5.36. The van der Waals surface area contributed by atoms with Crippen LogP contribution in [0.5, 0.6) is 0 Å². The van der Waals surface area contributed by atoms with E-state index in [0.717, 1.165) is 25.6 Å². The molecule has 1 aromatic heterocycles. The first kappa shape index (κ1) is 14.1. The Hall–Kier alpha value is -1.82.